The standard InChI is InChI=1S/C21H30N4O2S/c1-16(2)25-9-3-4-17-12-18(5-6-20(17)25)21-13-22-15-24(21)10-8-23-19-7-11-28(26,27)14-19/h5-6,12-13,15-16,19,23H,3-4,7-11,14H2,1-2H3. The van der Waals surface area contributed by atoms with Crippen LogP contribution >= 0.6 is 0 Å². The number of imidazole rings is 1. The molecular formula is C21H30N4O2S. The van der Waals surface area contributed by atoms with Crippen LogP contribution in [0.15, 0.2) is 30.7 Å². The van der Waals surface area contributed by atoms with Crippen molar-refractivity contribution in [3.63, 3.8) is 0 Å². The number of rotatable bonds is 6. The predicted octanol–water partition coefficient (Wildman–Crippen LogP) is 2.49. The normalized spacial score (nSPS) is 21.2. The van der Waals surface area contributed by atoms with Crippen molar-refractivity contribution >= 4 is 15.5 Å². The van der Waals surface area contributed by atoms with E-state index in [2.05, 4.69) is 51.8 Å². The Morgan fingerprint density at radius 3 is 2.93 bits per heavy atom. The molecule has 3 heterocycles. The first-order valence-corrected chi connectivity index (χ1v) is 12.1. The lowest BCUT2D eigenvalue weighted by Gasteiger charge is -2.35. The van der Waals surface area contributed by atoms with Gasteiger partial charge in [-0.3, -0.25) is 0 Å². The van der Waals surface area contributed by atoms with Crippen molar-refractivity contribution in [1.82, 2.24) is 14.9 Å². The van der Waals surface area contributed by atoms with E-state index in [0.29, 0.717) is 11.8 Å². The highest BCUT2D eigenvalue weighted by Gasteiger charge is 2.27. The van der Waals surface area contributed by atoms with E-state index in [9.17, 15) is 8.42 Å². The molecule has 0 aliphatic carbocycles. The zero-order valence-corrected chi connectivity index (χ0v) is 17.6. The van der Waals surface area contributed by atoms with E-state index in [4.69, 9.17) is 0 Å². The molecule has 0 saturated carbocycles. The molecule has 6 nitrogen and oxygen atoms in total. The van der Waals surface area contributed by atoms with Gasteiger partial charge in [0.25, 0.3) is 0 Å². The van der Waals surface area contributed by atoms with Gasteiger partial charge in [-0.25, -0.2) is 13.4 Å². The Morgan fingerprint density at radius 1 is 1.32 bits per heavy atom. The maximum atomic E-state index is 11.6. The summed E-state index contributed by atoms with van der Waals surface area (Å²) in [5.41, 5.74) is 5.09. The number of fused-ring (bicyclic) bond motifs is 1. The van der Waals surface area contributed by atoms with Crippen molar-refractivity contribution in [2.45, 2.75) is 51.7 Å². The summed E-state index contributed by atoms with van der Waals surface area (Å²) in [7, 11) is -2.84. The van der Waals surface area contributed by atoms with Crippen LogP contribution in [-0.2, 0) is 22.8 Å². The molecule has 7 heteroatoms. The van der Waals surface area contributed by atoms with E-state index in [1.54, 1.807) is 0 Å². The second kappa shape index (κ2) is 7.87. The van der Waals surface area contributed by atoms with Gasteiger partial charge in [0, 0.05) is 43.0 Å². The third-order valence-corrected chi connectivity index (χ3v) is 7.65. The number of nitrogens with zero attached hydrogens (tertiary/aromatic N) is 3. The highest BCUT2D eigenvalue weighted by atomic mass is 32.2. The molecule has 2 aromatic rings. The fraction of sp³-hybridized carbons (Fsp3) is 0.571. The van der Waals surface area contributed by atoms with Gasteiger partial charge in [-0.15, -0.1) is 0 Å². The van der Waals surface area contributed by atoms with E-state index < -0.39 is 9.84 Å². The van der Waals surface area contributed by atoms with Crippen LogP contribution in [0.4, 0.5) is 5.69 Å². The lowest BCUT2D eigenvalue weighted by atomic mass is 9.97. The lowest BCUT2D eigenvalue weighted by Crippen LogP contribution is -2.35. The van der Waals surface area contributed by atoms with Gasteiger partial charge < -0.3 is 14.8 Å². The summed E-state index contributed by atoms with van der Waals surface area (Å²) < 4.78 is 25.3. The van der Waals surface area contributed by atoms with Crippen molar-refractivity contribution in [3.05, 3.63) is 36.3 Å². The van der Waals surface area contributed by atoms with E-state index in [1.807, 2.05) is 12.5 Å². The third-order valence-electron chi connectivity index (χ3n) is 5.88. The van der Waals surface area contributed by atoms with Crippen LogP contribution in [-0.4, -0.2) is 54.6 Å². The topological polar surface area (TPSA) is 67.2 Å². The second-order valence-corrected chi connectivity index (χ2v) is 10.5. The number of anilines is 1. The van der Waals surface area contributed by atoms with Crippen LogP contribution in [0.25, 0.3) is 11.3 Å². The smallest absolute Gasteiger partial charge is 0.151 e. The number of hydrogen-bond donors (Lipinski definition) is 1. The maximum absolute atomic E-state index is 11.6. The first kappa shape index (κ1) is 19.5. The molecule has 0 spiro atoms. The fourth-order valence-electron chi connectivity index (χ4n) is 4.41. The van der Waals surface area contributed by atoms with Crippen LogP contribution in [0.5, 0.6) is 0 Å². The highest BCUT2D eigenvalue weighted by molar-refractivity contribution is 7.91. The van der Waals surface area contributed by atoms with Gasteiger partial charge in [0.1, 0.15) is 0 Å². The predicted molar refractivity (Wildman–Crippen MR) is 114 cm³/mol. The quantitative estimate of drug-likeness (QED) is 0.804. The van der Waals surface area contributed by atoms with Gasteiger partial charge in [-0.1, -0.05) is 6.07 Å². The molecule has 1 atom stereocenters. The minimum Gasteiger partial charge on any atom is -0.369 e. The van der Waals surface area contributed by atoms with Crippen molar-refractivity contribution in [3.8, 4) is 11.3 Å². The molecule has 1 unspecified atom stereocenters. The Hall–Kier alpha value is -1.86. The number of nitrogens with one attached hydrogen (secondary N) is 1. The number of hydrogen-bond acceptors (Lipinski definition) is 5. The van der Waals surface area contributed by atoms with Gasteiger partial charge in [-0.2, -0.15) is 0 Å². The minimum atomic E-state index is -2.84. The summed E-state index contributed by atoms with van der Waals surface area (Å²) >= 11 is 0. The molecule has 152 valence electrons. The molecule has 0 radical (unpaired) electrons. The first-order valence-electron chi connectivity index (χ1n) is 10.3. The largest absolute Gasteiger partial charge is 0.369 e. The molecule has 1 aromatic carbocycles. The van der Waals surface area contributed by atoms with Crippen LogP contribution in [0.2, 0.25) is 0 Å². The molecule has 1 fully saturated rings. The van der Waals surface area contributed by atoms with Gasteiger partial charge in [0.2, 0.25) is 0 Å². The molecule has 1 N–H and O–H groups in total. The summed E-state index contributed by atoms with van der Waals surface area (Å²) in [6.45, 7) is 7.16. The van der Waals surface area contributed by atoms with Crippen molar-refractivity contribution in [2.24, 2.45) is 0 Å². The first-order chi connectivity index (χ1) is 13.4. The molecule has 2 aliphatic heterocycles. The molecule has 28 heavy (non-hydrogen) atoms. The number of sulfone groups is 1. The summed E-state index contributed by atoms with van der Waals surface area (Å²) in [6, 6.07) is 7.37. The van der Waals surface area contributed by atoms with E-state index >= 15 is 0 Å². The van der Waals surface area contributed by atoms with Crippen LogP contribution in [0.1, 0.15) is 32.3 Å². The van der Waals surface area contributed by atoms with Crippen LogP contribution < -0.4 is 10.2 Å². The van der Waals surface area contributed by atoms with Gasteiger partial charge in [0.05, 0.1) is 29.7 Å². The maximum Gasteiger partial charge on any atom is 0.151 e. The fourth-order valence-corrected chi connectivity index (χ4v) is 6.11. The Labute approximate surface area is 167 Å². The van der Waals surface area contributed by atoms with E-state index in [0.717, 1.165) is 38.2 Å². The zero-order valence-electron chi connectivity index (χ0n) is 16.8. The lowest BCUT2D eigenvalue weighted by molar-refractivity contribution is 0.521. The number of benzene rings is 1. The summed E-state index contributed by atoms with van der Waals surface area (Å²) in [4.78, 5) is 6.84. The molecule has 0 bridgehead atoms. The highest BCUT2D eigenvalue weighted by Crippen LogP contribution is 2.32. The molecule has 0 amide bonds. The van der Waals surface area contributed by atoms with Crippen molar-refractivity contribution < 1.29 is 8.42 Å². The summed E-state index contributed by atoms with van der Waals surface area (Å²) in [5, 5.41) is 3.39. The Balaban J connectivity index is 1.45. The van der Waals surface area contributed by atoms with Crippen LogP contribution in [0, 0.1) is 0 Å². The monoisotopic (exact) mass is 402 g/mol. The Morgan fingerprint density at radius 2 is 2.18 bits per heavy atom. The summed E-state index contributed by atoms with van der Waals surface area (Å²) in [6.07, 6.45) is 6.82. The average molecular weight is 403 g/mol. The van der Waals surface area contributed by atoms with E-state index in [-0.39, 0.29) is 11.8 Å². The van der Waals surface area contributed by atoms with Crippen LogP contribution in [0.3, 0.4) is 0 Å². The molecule has 2 aliphatic rings. The molecule has 4 rings (SSSR count). The third kappa shape index (κ3) is 4.10. The zero-order chi connectivity index (χ0) is 19.7. The molecule has 1 saturated heterocycles. The molecule has 1 aromatic heterocycles. The van der Waals surface area contributed by atoms with Crippen molar-refractivity contribution in [1.29, 1.82) is 0 Å². The average Bonchev–Trinajstić information content (AvgIpc) is 3.26. The van der Waals surface area contributed by atoms with E-state index in [1.165, 1.54) is 23.2 Å². The van der Waals surface area contributed by atoms with Gasteiger partial charge in [-0.05, 0) is 50.8 Å². The van der Waals surface area contributed by atoms with Gasteiger partial charge >= 0.3 is 0 Å². The van der Waals surface area contributed by atoms with Crippen molar-refractivity contribution in [2.75, 3.05) is 29.5 Å². The minimum absolute atomic E-state index is 0.0859. The number of aryl methyl sites for hydroxylation is 1. The Bertz CT molecular complexity index is 936. The second-order valence-electron chi connectivity index (χ2n) is 8.26. The summed E-state index contributed by atoms with van der Waals surface area (Å²) in [5.74, 6) is 0.574. The van der Waals surface area contributed by atoms with Gasteiger partial charge in [0.15, 0.2) is 9.84 Å². The number of aromatic nitrogens is 2. The SMILES string of the molecule is CC(C)N1CCCc2cc(-c3cncn3CCNC3CCS(=O)(=O)C3)ccc21. The molecular weight excluding hydrogens is 372 g/mol. The Kier molecular flexibility index (Phi) is 5.47.